The third-order valence-corrected chi connectivity index (χ3v) is 3.52. The molecule has 2 rings (SSSR count). The van der Waals surface area contributed by atoms with Gasteiger partial charge < -0.3 is 10.4 Å². The van der Waals surface area contributed by atoms with Crippen LogP contribution in [0.3, 0.4) is 0 Å². The number of hydrogen-bond donors (Lipinski definition) is 2. The highest BCUT2D eigenvalue weighted by atomic mass is 35.5. The number of carboxylic acids is 1. The first-order valence-corrected chi connectivity index (χ1v) is 5.65. The van der Waals surface area contributed by atoms with Crippen molar-refractivity contribution in [1.82, 2.24) is 0 Å². The molecule has 16 heavy (non-hydrogen) atoms. The number of hydrogen-bond acceptors (Lipinski definition) is 2. The van der Waals surface area contributed by atoms with Crippen LogP contribution in [-0.4, -0.2) is 17.6 Å². The van der Waals surface area contributed by atoms with Gasteiger partial charge in [0.25, 0.3) is 0 Å². The summed E-state index contributed by atoms with van der Waals surface area (Å²) in [6.45, 7) is 2.41. The van der Waals surface area contributed by atoms with Gasteiger partial charge in [0, 0.05) is 17.3 Å². The molecule has 1 aromatic carbocycles. The molecule has 4 heteroatoms. The summed E-state index contributed by atoms with van der Waals surface area (Å²) in [5, 5.41) is 12.8. The summed E-state index contributed by atoms with van der Waals surface area (Å²) in [5.74, 6) is -0.710. The molecule has 0 atom stereocenters. The molecule has 86 valence electrons. The standard InChI is InChI=1S/C12H14ClNO2/c1-8-2-3-9(6-10(8)13)14-7-12(4-5-12)11(15)16/h2-3,6,14H,4-5,7H2,1H3,(H,15,16). The topological polar surface area (TPSA) is 49.3 Å². The second kappa shape index (κ2) is 3.98. The Balaban J connectivity index is 2.00. The molecule has 1 aliphatic rings. The summed E-state index contributed by atoms with van der Waals surface area (Å²) in [4.78, 5) is 11.0. The number of anilines is 1. The van der Waals surface area contributed by atoms with Crippen molar-refractivity contribution in [3.63, 3.8) is 0 Å². The maximum Gasteiger partial charge on any atom is 0.311 e. The van der Waals surface area contributed by atoms with E-state index >= 15 is 0 Å². The lowest BCUT2D eigenvalue weighted by Crippen LogP contribution is -2.24. The zero-order valence-electron chi connectivity index (χ0n) is 9.09. The van der Waals surface area contributed by atoms with Gasteiger partial charge in [0.1, 0.15) is 0 Å². The number of aryl methyl sites for hydroxylation is 1. The van der Waals surface area contributed by atoms with Crippen molar-refractivity contribution in [3.05, 3.63) is 28.8 Å². The van der Waals surface area contributed by atoms with E-state index in [1.165, 1.54) is 0 Å². The van der Waals surface area contributed by atoms with Gasteiger partial charge in [-0.05, 0) is 37.5 Å². The molecule has 1 aromatic rings. The zero-order chi connectivity index (χ0) is 11.8. The molecular formula is C12H14ClNO2. The molecular weight excluding hydrogens is 226 g/mol. The molecule has 0 unspecified atom stereocenters. The molecule has 0 radical (unpaired) electrons. The normalized spacial score (nSPS) is 16.9. The fraction of sp³-hybridized carbons (Fsp3) is 0.417. The SMILES string of the molecule is Cc1ccc(NCC2(C(=O)O)CC2)cc1Cl. The van der Waals surface area contributed by atoms with Crippen LogP contribution in [0.1, 0.15) is 18.4 Å². The second-order valence-electron chi connectivity index (χ2n) is 4.40. The first-order chi connectivity index (χ1) is 7.53. The lowest BCUT2D eigenvalue weighted by molar-refractivity contribution is -0.142. The predicted molar refractivity (Wildman–Crippen MR) is 64.0 cm³/mol. The summed E-state index contributed by atoms with van der Waals surface area (Å²) >= 11 is 5.99. The van der Waals surface area contributed by atoms with E-state index < -0.39 is 11.4 Å². The van der Waals surface area contributed by atoms with Crippen molar-refractivity contribution in [2.45, 2.75) is 19.8 Å². The second-order valence-corrected chi connectivity index (χ2v) is 4.81. The smallest absolute Gasteiger partial charge is 0.311 e. The third-order valence-electron chi connectivity index (χ3n) is 3.11. The van der Waals surface area contributed by atoms with Gasteiger partial charge in [-0.3, -0.25) is 4.79 Å². The Morgan fingerprint density at radius 3 is 2.75 bits per heavy atom. The van der Waals surface area contributed by atoms with Gasteiger partial charge in [-0.25, -0.2) is 0 Å². The van der Waals surface area contributed by atoms with E-state index in [1.54, 1.807) is 0 Å². The van der Waals surface area contributed by atoms with Gasteiger partial charge in [0.2, 0.25) is 0 Å². The molecule has 0 amide bonds. The molecule has 0 heterocycles. The van der Waals surface area contributed by atoms with E-state index in [9.17, 15) is 4.79 Å². The van der Waals surface area contributed by atoms with Crippen LogP contribution in [0.25, 0.3) is 0 Å². The molecule has 0 bridgehead atoms. The van der Waals surface area contributed by atoms with Crippen LogP contribution in [0, 0.1) is 12.3 Å². The summed E-state index contributed by atoms with van der Waals surface area (Å²) in [6.07, 6.45) is 1.52. The Morgan fingerprint density at radius 2 is 2.25 bits per heavy atom. The number of benzene rings is 1. The summed E-state index contributed by atoms with van der Waals surface area (Å²) in [5.41, 5.74) is 1.35. The zero-order valence-corrected chi connectivity index (χ0v) is 9.84. The number of rotatable bonds is 4. The summed E-state index contributed by atoms with van der Waals surface area (Å²) in [6, 6.07) is 5.67. The Hall–Kier alpha value is -1.22. The van der Waals surface area contributed by atoms with Crippen LogP contribution in [-0.2, 0) is 4.79 Å². The lowest BCUT2D eigenvalue weighted by Gasteiger charge is -2.12. The number of aliphatic carboxylic acids is 1. The highest BCUT2D eigenvalue weighted by Gasteiger charge is 2.49. The Morgan fingerprint density at radius 1 is 1.56 bits per heavy atom. The minimum absolute atomic E-state index is 0.474. The highest BCUT2D eigenvalue weighted by molar-refractivity contribution is 6.31. The number of nitrogens with one attached hydrogen (secondary N) is 1. The van der Waals surface area contributed by atoms with Crippen molar-refractivity contribution < 1.29 is 9.90 Å². The van der Waals surface area contributed by atoms with Gasteiger partial charge >= 0.3 is 5.97 Å². The third kappa shape index (κ3) is 2.14. The average molecular weight is 240 g/mol. The van der Waals surface area contributed by atoms with E-state index in [0.29, 0.717) is 11.6 Å². The van der Waals surface area contributed by atoms with Gasteiger partial charge in [0.15, 0.2) is 0 Å². The predicted octanol–water partition coefficient (Wildman–Crippen LogP) is 2.93. The van der Waals surface area contributed by atoms with Crippen LogP contribution in [0.4, 0.5) is 5.69 Å². The Labute approximate surface area is 99.4 Å². The van der Waals surface area contributed by atoms with E-state index in [-0.39, 0.29) is 0 Å². The maximum absolute atomic E-state index is 11.0. The highest BCUT2D eigenvalue weighted by Crippen LogP contribution is 2.45. The van der Waals surface area contributed by atoms with Crippen LogP contribution >= 0.6 is 11.6 Å². The van der Waals surface area contributed by atoms with E-state index in [4.69, 9.17) is 16.7 Å². The number of carbonyl (C=O) groups is 1. The van der Waals surface area contributed by atoms with Gasteiger partial charge in [-0.1, -0.05) is 17.7 Å². The quantitative estimate of drug-likeness (QED) is 0.850. The van der Waals surface area contributed by atoms with E-state index in [2.05, 4.69) is 5.32 Å². The molecule has 1 fully saturated rings. The summed E-state index contributed by atoms with van der Waals surface area (Å²) < 4.78 is 0. The van der Waals surface area contributed by atoms with Crippen molar-refractivity contribution in [3.8, 4) is 0 Å². The molecule has 3 nitrogen and oxygen atoms in total. The molecule has 0 aliphatic heterocycles. The minimum Gasteiger partial charge on any atom is -0.481 e. The first kappa shape index (κ1) is 11.3. The molecule has 2 N–H and O–H groups in total. The molecule has 0 saturated heterocycles. The minimum atomic E-state index is -0.710. The van der Waals surface area contributed by atoms with Gasteiger partial charge in [-0.2, -0.15) is 0 Å². The van der Waals surface area contributed by atoms with Gasteiger partial charge in [-0.15, -0.1) is 0 Å². The van der Waals surface area contributed by atoms with Crippen molar-refractivity contribution in [2.24, 2.45) is 5.41 Å². The summed E-state index contributed by atoms with van der Waals surface area (Å²) in [7, 11) is 0. The lowest BCUT2D eigenvalue weighted by atomic mass is 10.1. The molecule has 0 aromatic heterocycles. The van der Waals surface area contributed by atoms with Crippen LogP contribution in [0.5, 0.6) is 0 Å². The number of carboxylic acid groups (broad SMARTS) is 1. The Kier molecular flexibility index (Phi) is 2.80. The van der Waals surface area contributed by atoms with Crippen molar-refractivity contribution in [2.75, 3.05) is 11.9 Å². The van der Waals surface area contributed by atoms with Crippen molar-refractivity contribution >= 4 is 23.3 Å². The molecule has 1 aliphatic carbocycles. The average Bonchev–Trinajstić information content (AvgIpc) is 3.01. The molecule has 0 spiro atoms. The maximum atomic E-state index is 11.0. The first-order valence-electron chi connectivity index (χ1n) is 5.27. The fourth-order valence-electron chi connectivity index (χ4n) is 1.59. The largest absolute Gasteiger partial charge is 0.481 e. The Bertz CT molecular complexity index is 427. The van der Waals surface area contributed by atoms with E-state index in [0.717, 1.165) is 24.1 Å². The van der Waals surface area contributed by atoms with Crippen LogP contribution in [0.15, 0.2) is 18.2 Å². The van der Waals surface area contributed by atoms with Gasteiger partial charge in [0.05, 0.1) is 5.41 Å². The van der Waals surface area contributed by atoms with Crippen LogP contribution in [0.2, 0.25) is 5.02 Å². The van der Waals surface area contributed by atoms with Crippen LogP contribution < -0.4 is 5.32 Å². The van der Waals surface area contributed by atoms with E-state index in [1.807, 2.05) is 25.1 Å². The fourth-order valence-corrected chi connectivity index (χ4v) is 1.77. The number of halogens is 1. The van der Waals surface area contributed by atoms with Crippen molar-refractivity contribution in [1.29, 1.82) is 0 Å². The monoisotopic (exact) mass is 239 g/mol. The molecule has 1 saturated carbocycles.